The third-order valence-electron chi connectivity index (χ3n) is 1.20. The predicted octanol–water partition coefficient (Wildman–Crippen LogP) is -0.970. The molecule has 4 nitrogen and oxygen atoms in total. The summed E-state index contributed by atoms with van der Waals surface area (Å²) in [5.74, 6) is 0. The van der Waals surface area contributed by atoms with E-state index in [1.807, 2.05) is 6.92 Å². The Bertz CT molecular complexity index is 93.4. The molecule has 0 rings (SSSR count). The summed E-state index contributed by atoms with van der Waals surface area (Å²) < 4.78 is 0. The van der Waals surface area contributed by atoms with Gasteiger partial charge in [-0.3, -0.25) is 0 Å². The summed E-state index contributed by atoms with van der Waals surface area (Å²) in [4.78, 5) is 25.8. The molecule has 0 amide bonds. The normalized spacial score (nSPS) is 15.3. The SMILES string of the molecule is CCCC(N)C[Si](O)(O)O. The molecule has 0 saturated carbocycles. The molecule has 0 aliphatic heterocycles. The molecule has 62 valence electrons. The summed E-state index contributed by atoms with van der Waals surface area (Å²) in [6.07, 6.45) is 1.61. The molecule has 10 heavy (non-hydrogen) atoms. The topological polar surface area (TPSA) is 86.7 Å². The highest BCUT2D eigenvalue weighted by molar-refractivity contribution is 6.56. The van der Waals surface area contributed by atoms with Crippen LogP contribution in [0.4, 0.5) is 0 Å². The first-order valence-electron chi connectivity index (χ1n) is 3.38. The molecule has 0 saturated heterocycles. The van der Waals surface area contributed by atoms with E-state index >= 15 is 0 Å². The number of hydrogen-bond donors (Lipinski definition) is 4. The lowest BCUT2D eigenvalue weighted by molar-refractivity contribution is 0.223. The molecule has 0 spiro atoms. The minimum atomic E-state index is -3.88. The second kappa shape index (κ2) is 4.04. The van der Waals surface area contributed by atoms with Crippen LogP contribution in [0.2, 0.25) is 6.04 Å². The molecule has 1 atom stereocenters. The average Bonchev–Trinajstić information content (AvgIpc) is 1.59. The van der Waals surface area contributed by atoms with Crippen LogP contribution in [0.5, 0.6) is 0 Å². The van der Waals surface area contributed by atoms with Crippen LogP contribution in [-0.4, -0.2) is 29.2 Å². The highest BCUT2D eigenvalue weighted by atomic mass is 28.4. The van der Waals surface area contributed by atoms with Gasteiger partial charge in [-0.25, -0.2) is 0 Å². The van der Waals surface area contributed by atoms with Crippen molar-refractivity contribution in [1.82, 2.24) is 0 Å². The lowest BCUT2D eigenvalue weighted by Gasteiger charge is -2.14. The fourth-order valence-corrected chi connectivity index (χ4v) is 1.73. The quantitative estimate of drug-likeness (QED) is 0.404. The van der Waals surface area contributed by atoms with E-state index < -0.39 is 8.80 Å². The van der Waals surface area contributed by atoms with Gasteiger partial charge in [0, 0.05) is 12.1 Å². The van der Waals surface area contributed by atoms with E-state index in [-0.39, 0.29) is 12.1 Å². The average molecular weight is 165 g/mol. The third-order valence-corrected chi connectivity index (χ3v) is 2.27. The van der Waals surface area contributed by atoms with Crippen LogP contribution in [0.1, 0.15) is 19.8 Å². The Kier molecular flexibility index (Phi) is 4.07. The molecular weight excluding hydrogens is 150 g/mol. The summed E-state index contributed by atoms with van der Waals surface area (Å²) in [5.41, 5.74) is 5.43. The van der Waals surface area contributed by atoms with Gasteiger partial charge in [0.05, 0.1) is 0 Å². The maximum Gasteiger partial charge on any atom is 0.494 e. The van der Waals surface area contributed by atoms with Crippen molar-refractivity contribution in [3.05, 3.63) is 0 Å². The van der Waals surface area contributed by atoms with E-state index in [1.165, 1.54) is 0 Å². The van der Waals surface area contributed by atoms with Crippen LogP contribution in [0.25, 0.3) is 0 Å². The minimum absolute atomic E-state index is 0.0547. The predicted molar refractivity (Wildman–Crippen MR) is 40.1 cm³/mol. The first-order chi connectivity index (χ1) is 4.45. The van der Waals surface area contributed by atoms with Gasteiger partial charge < -0.3 is 20.1 Å². The van der Waals surface area contributed by atoms with Gasteiger partial charge in [-0.05, 0) is 6.42 Å². The van der Waals surface area contributed by atoms with E-state index in [9.17, 15) is 0 Å². The molecule has 0 aliphatic rings. The second-order valence-corrected chi connectivity index (χ2v) is 4.48. The summed E-state index contributed by atoms with van der Waals surface area (Å²) in [6.45, 7) is 1.95. The molecule has 0 aliphatic carbocycles. The lowest BCUT2D eigenvalue weighted by atomic mass is 10.2. The van der Waals surface area contributed by atoms with Gasteiger partial charge in [0.2, 0.25) is 0 Å². The number of rotatable bonds is 4. The zero-order valence-electron chi connectivity index (χ0n) is 6.12. The molecule has 5 N–H and O–H groups in total. The Morgan fingerprint density at radius 3 is 2.20 bits per heavy atom. The van der Waals surface area contributed by atoms with Gasteiger partial charge in [-0.1, -0.05) is 13.3 Å². The fourth-order valence-electron chi connectivity index (χ4n) is 0.825. The van der Waals surface area contributed by atoms with Crippen LogP contribution in [0.3, 0.4) is 0 Å². The van der Waals surface area contributed by atoms with Crippen LogP contribution >= 0.6 is 0 Å². The Morgan fingerprint density at radius 2 is 1.90 bits per heavy atom. The summed E-state index contributed by atoms with van der Waals surface area (Å²) in [6, 6.07) is -0.336. The van der Waals surface area contributed by atoms with E-state index in [2.05, 4.69) is 0 Å². The van der Waals surface area contributed by atoms with E-state index in [0.29, 0.717) is 0 Å². The molecule has 0 aromatic heterocycles. The summed E-state index contributed by atoms with van der Waals surface area (Å²) >= 11 is 0. The Hall–Kier alpha value is 0.0569. The summed E-state index contributed by atoms with van der Waals surface area (Å²) in [7, 11) is -3.88. The maximum absolute atomic E-state index is 8.58. The first-order valence-corrected chi connectivity index (χ1v) is 5.43. The van der Waals surface area contributed by atoms with Crippen molar-refractivity contribution in [2.24, 2.45) is 5.73 Å². The molecule has 0 fully saturated rings. The van der Waals surface area contributed by atoms with Crippen molar-refractivity contribution < 1.29 is 14.4 Å². The van der Waals surface area contributed by atoms with Crippen molar-refractivity contribution in [2.75, 3.05) is 0 Å². The van der Waals surface area contributed by atoms with Crippen molar-refractivity contribution in [2.45, 2.75) is 31.9 Å². The van der Waals surface area contributed by atoms with Crippen LogP contribution < -0.4 is 5.73 Å². The zero-order chi connectivity index (χ0) is 8.20. The lowest BCUT2D eigenvalue weighted by Crippen LogP contribution is -2.41. The smallest absolute Gasteiger partial charge is 0.390 e. The molecule has 5 heteroatoms. The largest absolute Gasteiger partial charge is 0.494 e. The van der Waals surface area contributed by atoms with Crippen molar-refractivity contribution in [1.29, 1.82) is 0 Å². The van der Waals surface area contributed by atoms with Gasteiger partial charge in [0.1, 0.15) is 0 Å². The van der Waals surface area contributed by atoms with Gasteiger partial charge in [0.15, 0.2) is 0 Å². The van der Waals surface area contributed by atoms with Crippen LogP contribution in [0.15, 0.2) is 0 Å². The highest BCUT2D eigenvalue weighted by Gasteiger charge is 2.29. The van der Waals surface area contributed by atoms with Gasteiger partial charge >= 0.3 is 8.80 Å². The first kappa shape index (κ1) is 10.1. The third kappa shape index (κ3) is 6.18. The number of nitrogens with two attached hydrogens (primary N) is 1. The molecule has 0 radical (unpaired) electrons. The molecule has 0 bridgehead atoms. The minimum Gasteiger partial charge on any atom is -0.390 e. The second-order valence-electron chi connectivity index (χ2n) is 2.53. The zero-order valence-corrected chi connectivity index (χ0v) is 7.12. The van der Waals surface area contributed by atoms with E-state index in [4.69, 9.17) is 20.1 Å². The van der Waals surface area contributed by atoms with Gasteiger partial charge in [-0.15, -0.1) is 0 Å². The fraction of sp³-hybridized carbons (Fsp3) is 1.00. The van der Waals surface area contributed by atoms with Crippen molar-refractivity contribution in [3.8, 4) is 0 Å². The molecule has 0 aromatic carbocycles. The highest BCUT2D eigenvalue weighted by Crippen LogP contribution is 2.05. The van der Waals surface area contributed by atoms with Crippen molar-refractivity contribution in [3.63, 3.8) is 0 Å². The van der Waals surface area contributed by atoms with Gasteiger partial charge in [0.25, 0.3) is 0 Å². The Morgan fingerprint density at radius 1 is 1.40 bits per heavy atom. The van der Waals surface area contributed by atoms with Gasteiger partial charge in [-0.2, -0.15) is 0 Å². The molecule has 1 unspecified atom stereocenters. The Labute approximate surface area is 61.7 Å². The van der Waals surface area contributed by atoms with Crippen LogP contribution in [-0.2, 0) is 0 Å². The molecular formula is C5H15NO3Si. The maximum atomic E-state index is 8.58. The van der Waals surface area contributed by atoms with E-state index in [1.54, 1.807) is 0 Å². The summed E-state index contributed by atoms with van der Waals surface area (Å²) in [5, 5.41) is 0. The Balaban J connectivity index is 3.47. The molecule has 0 aromatic rings. The standard InChI is InChI=1S/C5H15NO3Si/c1-2-3-5(6)4-10(7,8)9/h5,7-9H,2-4,6H2,1H3. The van der Waals surface area contributed by atoms with Crippen LogP contribution in [0, 0.1) is 0 Å². The monoisotopic (exact) mass is 165 g/mol. The molecule has 0 heterocycles. The van der Waals surface area contributed by atoms with E-state index in [0.717, 1.165) is 12.8 Å². The number of hydrogen-bond acceptors (Lipinski definition) is 4. The van der Waals surface area contributed by atoms with Crippen molar-refractivity contribution >= 4 is 8.80 Å².